The third-order valence-corrected chi connectivity index (χ3v) is 5.12. The Morgan fingerprint density at radius 1 is 1.28 bits per heavy atom. The summed E-state index contributed by atoms with van der Waals surface area (Å²) in [6, 6.07) is -0.474. The molecule has 5 nitrogen and oxygen atoms in total. The molecule has 0 fully saturated rings. The molecule has 0 bridgehead atoms. The quantitative estimate of drug-likeness (QED) is 0.803. The first-order valence-electron chi connectivity index (χ1n) is 6.33. The molecule has 0 rings (SSSR count). The van der Waals surface area contributed by atoms with E-state index in [4.69, 9.17) is 0 Å². The topological polar surface area (TPSA) is 66.5 Å². The SMILES string of the molecule is CCC[C@H](C)NC(=O)N(C)[C@@H](C)[C@@H](C)S(C)(=O)=O. The molecule has 0 aliphatic heterocycles. The smallest absolute Gasteiger partial charge is 0.317 e. The largest absolute Gasteiger partial charge is 0.336 e. The fraction of sp³-hybridized carbons (Fsp3) is 0.917. The van der Waals surface area contributed by atoms with Crippen LogP contribution in [0.5, 0.6) is 0 Å². The zero-order valence-electron chi connectivity index (χ0n) is 12.2. The summed E-state index contributed by atoms with van der Waals surface area (Å²) < 4.78 is 22.9. The number of hydrogen-bond acceptors (Lipinski definition) is 3. The zero-order chi connectivity index (χ0) is 14.5. The van der Waals surface area contributed by atoms with Gasteiger partial charge in [-0.05, 0) is 27.2 Å². The lowest BCUT2D eigenvalue weighted by Gasteiger charge is -2.30. The highest BCUT2D eigenvalue weighted by Crippen LogP contribution is 2.10. The lowest BCUT2D eigenvalue weighted by Crippen LogP contribution is -2.50. The second kappa shape index (κ2) is 6.97. The summed E-state index contributed by atoms with van der Waals surface area (Å²) in [5.74, 6) is 0. The van der Waals surface area contributed by atoms with Crippen LogP contribution >= 0.6 is 0 Å². The maximum absolute atomic E-state index is 11.9. The first kappa shape index (κ1) is 17.2. The Morgan fingerprint density at radius 2 is 1.78 bits per heavy atom. The molecule has 0 aliphatic carbocycles. The van der Waals surface area contributed by atoms with E-state index in [2.05, 4.69) is 12.2 Å². The van der Waals surface area contributed by atoms with Crippen LogP contribution in [0.25, 0.3) is 0 Å². The third kappa shape index (κ3) is 5.25. The molecule has 0 aromatic carbocycles. The van der Waals surface area contributed by atoms with Gasteiger partial charge in [0.1, 0.15) is 0 Å². The number of rotatable bonds is 6. The van der Waals surface area contributed by atoms with Crippen LogP contribution in [0.1, 0.15) is 40.5 Å². The average Bonchev–Trinajstić information content (AvgIpc) is 2.24. The van der Waals surface area contributed by atoms with Crippen molar-refractivity contribution in [1.82, 2.24) is 10.2 Å². The van der Waals surface area contributed by atoms with Crippen molar-refractivity contribution in [3.8, 4) is 0 Å². The molecule has 18 heavy (non-hydrogen) atoms. The fourth-order valence-electron chi connectivity index (χ4n) is 1.68. The summed E-state index contributed by atoms with van der Waals surface area (Å²) in [5, 5.41) is 2.29. The molecular formula is C12H26N2O3S. The summed E-state index contributed by atoms with van der Waals surface area (Å²) in [5.41, 5.74) is 0. The lowest BCUT2D eigenvalue weighted by molar-refractivity contribution is 0.189. The first-order valence-corrected chi connectivity index (χ1v) is 8.28. The molecule has 3 atom stereocenters. The van der Waals surface area contributed by atoms with Gasteiger partial charge in [-0.15, -0.1) is 0 Å². The molecule has 0 saturated heterocycles. The second-order valence-electron chi connectivity index (χ2n) is 5.03. The van der Waals surface area contributed by atoms with Crippen molar-refractivity contribution in [3.63, 3.8) is 0 Å². The summed E-state index contributed by atoms with van der Waals surface area (Å²) in [4.78, 5) is 13.4. The van der Waals surface area contributed by atoms with Crippen LogP contribution in [0.15, 0.2) is 0 Å². The maximum Gasteiger partial charge on any atom is 0.317 e. The summed E-state index contributed by atoms with van der Waals surface area (Å²) in [6.45, 7) is 7.37. The van der Waals surface area contributed by atoms with E-state index in [1.54, 1.807) is 20.9 Å². The predicted octanol–water partition coefficient (Wildman–Crippen LogP) is 1.64. The second-order valence-corrected chi connectivity index (χ2v) is 7.43. The van der Waals surface area contributed by atoms with E-state index in [0.717, 1.165) is 12.8 Å². The Bertz CT molecular complexity index is 368. The number of urea groups is 1. The van der Waals surface area contributed by atoms with Gasteiger partial charge >= 0.3 is 6.03 Å². The number of nitrogens with zero attached hydrogens (tertiary/aromatic N) is 1. The first-order chi connectivity index (χ1) is 8.11. The number of carbonyl (C=O) groups is 1. The molecule has 0 aromatic heterocycles. The molecule has 1 N–H and O–H groups in total. The summed E-state index contributed by atoms with van der Waals surface area (Å²) in [6.07, 6.45) is 3.11. The molecule has 0 aromatic rings. The Morgan fingerprint density at radius 3 is 2.17 bits per heavy atom. The van der Waals surface area contributed by atoms with Gasteiger partial charge in [0.2, 0.25) is 0 Å². The van der Waals surface area contributed by atoms with Crippen LogP contribution in [-0.2, 0) is 9.84 Å². The summed E-state index contributed by atoms with van der Waals surface area (Å²) >= 11 is 0. The van der Waals surface area contributed by atoms with Gasteiger partial charge in [-0.1, -0.05) is 13.3 Å². The lowest BCUT2D eigenvalue weighted by atomic mass is 10.2. The van der Waals surface area contributed by atoms with Gasteiger partial charge in [0.15, 0.2) is 9.84 Å². The molecule has 0 unspecified atom stereocenters. The highest BCUT2D eigenvalue weighted by molar-refractivity contribution is 7.91. The van der Waals surface area contributed by atoms with E-state index in [1.165, 1.54) is 11.2 Å². The molecule has 0 radical (unpaired) electrons. The predicted molar refractivity (Wildman–Crippen MR) is 74.4 cm³/mol. The Balaban J connectivity index is 4.55. The van der Waals surface area contributed by atoms with E-state index in [0.29, 0.717) is 0 Å². The minimum Gasteiger partial charge on any atom is -0.336 e. The van der Waals surface area contributed by atoms with Crippen molar-refractivity contribution >= 4 is 15.9 Å². The van der Waals surface area contributed by atoms with Gasteiger partial charge in [-0.3, -0.25) is 0 Å². The van der Waals surface area contributed by atoms with E-state index in [-0.39, 0.29) is 18.1 Å². The maximum atomic E-state index is 11.9. The zero-order valence-corrected chi connectivity index (χ0v) is 13.0. The molecule has 0 aliphatic rings. The van der Waals surface area contributed by atoms with E-state index in [1.807, 2.05) is 6.92 Å². The van der Waals surface area contributed by atoms with Crippen molar-refractivity contribution in [2.45, 2.75) is 57.9 Å². The number of sulfone groups is 1. The molecule has 2 amide bonds. The number of carbonyl (C=O) groups excluding carboxylic acids is 1. The van der Waals surface area contributed by atoms with Gasteiger partial charge in [0.05, 0.1) is 5.25 Å². The molecule has 6 heteroatoms. The fourth-order valence-corrected chi connectivity index (χ4v) is 2.57. The molecule has 108 valence electrons. The van der Waals surface area contributed by atoms with Crippen molar-refractivity contribution in [1.29, 1.82) is 0 Å². The number of amides is 2. The van der Waals surface area contributed by atoms with Crippen LogP contribution in [0.2, 0.25) is 0 Å². The van der Waals surface area contributed by atoms with Crippen LogP contribution in [0, 0.1) is 0 Å². The van der Waals surface area contributed by atoms with Crippen LogP contribution in [0.4, 0.5) is 4.79 Å². The molecule has 0 saturated carbocycles. The number of hydrogen-bond donors (Lipinski definition) is 1. The highest BCUT2D eigenvalue weighted by atomic mass is 32.2. The van der Waals surface area contributed by atoms with Gasteiger partial charge in [-0.2, -0.15) is 0 Å². The normalized spacial score (nSPS) is 16.8. The van der Waals surface area contributed by atoms with Gasteiger partial charge in [-0.25, -0.2) is 13.2 Å². The molecule has 0 heterocycles. The van der Waals surface area contributed by atoms with E-state index >= 15 is 0 Å². The van der Waals surface area contributed by atoms with Crippen molar-refractivity contribution < 1.29 is 13.2 Å². The molecular weight excluding hydrogens is 252 g/mol. The van der Waals surface area contributed by atoms with Gasteiger partial charge < -0.3 is 10.2 Å². The van der Waals surface area contributed by atoms with Crippen molar-refractivity contribution in [2.75, 3.05) is 13.3 Å². The molecule has 0 spiro atoms. The summed E-state index contributed by atoms with van der Waals surface area (Å²) in [7, 11) is -1.52. The van der Waals surface area contributed by atoms with Crippen molar-refractivity contribution in [3.05, 3.63) is 0 Å². The Labute approximate surface area is 111 Å². The Kier molecular flexibility index (Phi) is 6.67. The average molecular weight is 278 g/mol. The van der Waals surface area contributed by atoms with Crippen LogP contribution in [-0.4, -0.2) is 50.0 Å². The van der Waals surface area contributed by atoms with Crippen LogP contribution in [0.3, 0.4) is 0 Å². The monoisotopic (exact) mass is 278 g/mol. The minimum absolute atomic E-state index is 0.102. The number of nitrogens with one attached hydrogen (secondary N) is 1. The van der Waals surface area contributed by atoms with E-state index < -0.39 is 15.1 Å². The van der Waals surface area contributed by atoms with Crippen LogP contribution < -0.4 is 5.32 Å². The third-order valence-electron chi connectivity index (χ3n) is 3.38. The Hall–Kier alpha value is -0.780. The van der Waals surface area contributed by atoms with Crippen molar-refractivity contribution in [2.24, 2.45) is 0 Å². The van der Waals surface area contributed by atoms with Gasteiger partial charge in [0, 0.05) is 25.4 Å². The van der Waals surface area contributed by atoms with E-state index in [9.17, 15) is 13.2 Å². The minimum atomic E-state index is -3.14. The van der Waals surface area contributed by atoms with Gasteiger partial charge in [0.25, 0.3) is 0 Å². The highest BCUT2D eigenvalue weighted by Gasteiger charge is 2.28. The standard InChI is InChI=1S/C12H26N2O3S/c1-7-8-9(2)13-12(15)14(5)10(3)11(4)18(6,16)17/h9-11H,7-8H2,1-6H3,(H,13,15)/t9-,10-,11+/m0/s1.